The van der Waals surface area contributed by atoms with E-state index in [1.165, 1.54) is 45.3 Å². The molecule has 13 heavy (non-hydrogen) atoms. The van der Waals surface area contributed by atoms with E-state index in [1.54, 1.807) is 0 Å². The second-order valence-corrected chi connectivity index (χ2v) is 4.76. The van der Waals surface area contributed by atoms with Crippen LogP contribution in [0.2, 0.25) is 0 Å². The SMILES string of the molecule is CC1CCNC1CNCCC1CC1. The molecule has 0 amide bonds. The third-order valence-corrected chi connectivity index (χ3v) is 3.48. The Bertz CT molecular complexity index is 154. The smallest absolute Gasteiger partial charge is 0.0218 e. The van der Waals surface area contributed by atoms with E-state index in [0.717, 1.165) is 17.9 Å². The maximum absolute atomic E-state index is 3.57. The van der Waals surface area contributed by atoms with Crippen LogP contribution < -0.4 is 10.6 Å². The minimum atomic E-state index is 0.735. The lowest BCUT2D eigenvalue weighted by atomic mass is 10.0. The van der Waals surface area contributed by atoms with E-state index in [1.807, 2.05) is 0 Å². The topological polar surface area (TPSA) is 24.1 Å². The van der Waals surface area contributed by atoms with Crippen molar-refractivity contribution in [2.45, 2.75) is 38.6 Å². The molecule has 0 bridgehead atoms. The van der Waals surface area contributed by atoms with Crippen LogP contribution >= 0.6 is 0 Å². The Morgan fingerprint density at radius 1 is 1.31 bits per heavy atom. The maximum Gasteiger partial charge on any atom is 0.0218 e. The number of nitrogens with one attached hydrogen (secondary N) is 2. The van der Waals surface area contributed by atoms with Gasteiger partial charge in [-0.3, -0.25) is 0 Å². The Balaban J connectivity index is 1.51. The quantitative estimate of drug-likeness (QED) is 0.628. The highest BCUT2D eigenvalue weighted by molar-refractivity contribution is 4.82. The van der Waals surface area contributed by atoms with Crippen molar-refractivity contribution in [3.05, 3.63) is 0 Å². The lowest BCUT2D eigenvalue weighted by molar-refractivity contribution is 0.444. The largest absolute Gasteiger partial charge is 0.315 e. The molecule has 2 atom stereocenters. The summed E-state index contributed by atoms with van der Waals surface area (Å²) in [6.45, 7) is 5.98. The van der Waals surface area contributed by atoms with Gasteiger partial charge >= 0.3 is 0 Å². The van der Waals surface area contributed by atoms with Gasteiger partial charge in [0.2, 0.25) is 0 Å². The van der Waals surface area contributed by atoms with E-state index < -0.39 is 0 Å². The first kappa shape index (κ1) is 9.47. The molecule has 1 aliphatic carbocycles. The fourth-order valence-corrected chi connectivity index (χ4v) is 2.14. The lowest BCUT2D eigenvalue weighted by Crippen LogP contribution is -2.37. The Hall–Kier alpha value is -0.0800. The minimum Gasteiger partial charge on any atom is -0.315 e. The monoisotopic (exact) mass is 182 g/mol. The van der Waals surface area contributed by atoms with Crippen LogP contribution in [0.4, 0.5) is 0 Å². The molecule has 2 aliphatic rings. The van der Waals surface area contributed by atoms with Gasteiger partial charge in [-0.15, -0.1) is 0 Å². The molecule has 1 saturated carbocycles. The molecule has 2 heteroatoms. The molecule has 1 heterocycles. The molecule has 2 rings (SSSR count). The van der Waals surface area contributed by atoms with Crippen LogP contribution in [0.1, 0.15) is 32.6 Å². The summed E-state index contributed by atoms with van der Waals surface area (Å²) in [6, 6.07) is 0.735. The van der Waals surface area contributed by atoms with Gasteiger partial charge in [0, 0.05) is 12.6 Å². The molecule has 0 radical (unpaired) electrons. The fraction of sp³-hybridized carbons (Fsp3) is 1.00. The molecule has 2 unspecified atom stereocenters. The van der Waals surface area contributed by atoms with Gasteiger partial charge in [0.15, 0.2) is 0 Å². The number of rotatable bonds is 5. The lowest BCUT2D eigenvalue weighted by Gasteiger charge is -2.16. The molecule has 1 saturated heterocycles. The van der Waals surface area contributed by atoms with Crippen LogP contribution in [0.3, 0.4) is 0 Å². The van der Waals surface area contributed by atoms with Crippen LogP contribution in [0.15, 0.2) is 0 Å². The molecular formula is C11H22N2. The van der Waals surface area contributed by atoms with Crippen molar-refractivity contribution >= 4 is 0 Å². The van der Waals surface area contributed by atoms with Crippen LogP contribution in [-0.2, 0) is 0 Å². The zero-order valence-electron chi connectivity index (χ0n) is 8.68. The summed E-state index contributed by atoms with van der Waals surface area (Å²) >= 11 is 0. The van der Waals surface area contributed by atoms with Gasteiger partial charge in [-0.2, -0.15) is 0 Å². The van der Waals surface area contributed by atoms with E-state index in [4.69, 9.17) is 0 Å². The summed E-state index contributed by atoms with van der Waals surface area (Å²) in [5, 5.41) is 7.11. The molecule has 2 fully saturated rings. The molecule has 2 N–H and O–H groups in total. The van der Waals surface area contributed by atoms with Crippen molar-refractivity contribution in [2.24, 2.45) is 11.8 Å². The molecular weight excluding hydrogens is 160 g/mol. The van der Waals surface area contributed by atoms with Crippen molar-refractivity contribution in [2.75, 3.05) is 19.6 Å². The normalized spacial score (nSPS) is 33.9. The Kier molecular flexibility index (Phi) is 3.23. The van der Waals surface area contributed by atoms with E-state index in [9.17, 15) is 0 Å². The maximum atomic E-state index is 3.57. The Labute approximate surface area is 81.5 Å². The standard InChI is InChI=1S/C11H22N2/c1-9-4-7-13-11(9)8-12-6-5-10-2-3-10/h9-13H,2-8H2,1H3. The summed E-state index contributed by atoms with van der Waals surface area (Å²) in [5.41, 5.74) is 0. The van der Waals surface area contributed by atoms with Crippen molar-refractivity contribution in [1.82, 2.24) is 10.6 Å². The van der Waals surface area contributed by atoms with Crippen LogP contribution in [0, 0.1) is 11.8 Å². The van der Waals surface area contributed by atoms with Crippen molar-refractivity contribution in [3.63, 3.8) is 0 Å². The summed E-state index contributed by atoms with van der Waals surface area (Å²) < 4.78 is 0. The van der Waals surface area contributed by atoms with Gasteiger partial charge in [-0.25, -0.2) is 0 Å². The van der Waals surface area contributed by atoms with Gasteiger partial charge in [-0.05, 0) is 37.8 Å². The van der Waals surface area contributed by atoms with Crippen molar-refractivity contribution in [3.8, 4) is 0 Å². The van der Waals surface area contributed by atoms with E-state index >= 15 is 0 Å². The average molecular weight is 182 g/mol. The number of hydrogen-bond donors (Lipinski definition) is 2. The summed E-state index contributed by atoms with van der Waals surface area (Å²) in [7, 11) is 0. The minimum absolute atomic E-state index is 0.735. The highest BCUT2D eigenvalue weighted by Crippen LogP contribution is 2.31. The van der Waals surface area contributed by atoms with Crippen molar-refractivity contribution < 1.29 is 0 Å². The molecule has 0 aromatic heterocycles. The van der Waals surface area contributed by atoms with Gasteiger partial charge in [-0.1, -0.05) is 19.8 Å². The predicted molar refractivity (Wildman–Crippen MR) is 55.8 cm³/mol. The van der Waals surface area contributed by atoms with Gasteiger partial charge in [0.1, 0.15) is 0 Å². The second-order valence-electron chi connectivity index (χ2n) is 4.76. The third kappa shape index (κ3) is 2.96. The molecule has 0 aromatic carbocycles. The summed E-state index contributed by atoms with van der Waals surface area (Å²) in [6.07, 6.45) is 5.73. The third-order valence-electron chi connectivity index (χ3n) is 3.48. The van der Waals surface area contributed by atoms with Gasteiger partial charge in [0.25, 0.3) is 0 Å². The zero-order valence-corrected chi connectivity index (χ0v) is 8.68. The fourth-order valence-electron chi connectivity index (χ4n) is 2.14. The van der Waals surface area contributed by atoms with Crippen LogP contribution in [0.5, 0.6) is 0 Å². The zero-order chi connectivity index (χ0) is 9.10. The number of hydrogen-bond acceptors (Lipinski definition) is 2. The van der Waals surface area contributed by atoms with Gasteiger partial charge in [0.05, 0.1) is 0 Å². The molecule has 76 valence electrons. The Morgan fingerprint density at radius 3 is 2.77 bits per heavy atom. The first-order valence-corrected chi connectivity index (χ1v) is 5.80. The summed E-state index contributed by atoms with van der Waals surface area (Å²) in [5.74, 6) is 1.94. The van der Waals surface area contributed by atoms with E-state index in [-0.39, 0.29) is 0 Å². The first-order valence-electron chi connectivity index (χ1n) is 5.80. The molecule has 2 nitrogen and oxygen atoms in total. The second kappa shape index (κ2) is 4.43. The van der Waals surface area contributed by atoms with E-state index in [2.05, 4.69) is 17.6 Å². The average Bonchev–Trinajstić information content (AvgIpc) is 2.86. The first-order chi connectivity index (χ1) is 6.36. The van der Waals surface area contributed by atoms with Crippen LogP contribution in [0.25, 0.3) is 0 Å². The Morgan fingerprint density at radius 2 is 2.15 bits per heavy atom. The molecule has 0 spiro atoms. The highest BCUT2D eigenvalue weighted by Gasteiger charge is 2.23. The van der Waals surface area contributed by atoms with Gasteiger partial charge < -0.3 is 10.6 Å². The summed E-state index contributed by atoms with van der Waals surface area (Å²) in [4.78, 5) is 0. The highest BCUT2D eigenvalue weighted by atomic mass is 15.0. The predicted octanol–water partition coefficient (Wildman–Crippen LogP) is 1.37. The van der Waals surface area contributed by atoms with Crippen molar-refractivity contribution in [1.29, 1.82) is 0 Å². The van der Waals surface area contributed by atoms with E-state index in [0.29, 0.717) is 0 Å². The molecule has 0 aromatic rings. The molecule has 1 aliphatic heterocycles. The van der Waals surface area contributed by atoms with Crippen LogP contribution in [-0.4, -0.2) is 25.7 Å².